The third-order valence-corrected chi connectivity index (χ3v) is 4.25. The molecule has 1 fully saturated rings. The fourth-order valence-corrected chi connectivity index (χ4v) is 2.89. The first-order chi connectivity index (χ1) is 8.29. The smallest absolute Gasteiger partial charge is 0.148 e. The minimum absolute atomic E-state index is 0.142. The van der Waals surface area contributed by atoms with Crippen LogP contribution < -0.4 is 11.3 Å². The van der Waals surface area contributed by atoms with E-state index in [0.717, 1.165) is 21.2 Å². The third-order valence-electron chi connectivity index (χ3n) is 3.62. The Hall–Kier alpha value is -0.840. The highest BCUT2D eigenvalue weighted by Crippen LogP contribution is 2.39. The Labute approximate surface area is 108 Å². The lowest BCUT2D eigenvalue weighted by atomic mass is 9.79. The van der Waals surface area contributed by atoms with Gasteiger partial charge in [-0.3, -0.25) is 5.84 Å². The minimum atomic E-state index is 0.142. The van der Waals surface area contributed by atoms with E-state index in [9.17, 15) is 0 Å². The summed E-state index contributed by atoms with van der Waals surface area (Å²) in [7, 11) is 0. The molecule has 0 radical (unpaired) electrons. The van der Waals surface area contributed by atoms with Crippen LogP contribution in [0.5, 0.6) is 0 Å². The summed E-state index contributed by atoms with van der Waals surface area (Å²) in [6, 6.07) is 8.29. The van der Waals surface area contributed by atoms with Gasteiger partial charge in [0.05, 0.1) is 10.5 Å². The number of benzene rings is 1. The predicted octanol–water partition coefficient (Wildman–Crippen LogP) is 3.50. The summed E-state index contributed by atoms with van der Waals surface area (Å²) in [6.45, 7) is 0. The van der Waals surface area contributed by atoms with Crippen molar-refractivity contribution in [2.75, 3.05) is 0 Å². The molecule has 1 atom stereocenters. The van der Waals surface area contributed by atoms with Gasteiger partial charge in [-0.1, -0.05) is 18.6 Å². The van der Waals surface area contributed by atoms with Crippen LogP contribution in [0.2, 0.25) is 0 Å². The number of para-hydroxylation sites is 1. The van der Waals surface area contributed by atoms with Gasteiger partial charge in [-0.2, -0.15) is 0 Å². The van der Waals surface area contributed by atoms with Crippen molar-refractivity contribution in [3.63, 3.8) is 0 Å². The zero-order chi connectivity index (χ0) is 11.8. The van der Waals surface area contributed by atoms with E-state index in [1.165, 1.54) is 19.3 Å². The van der Waals surface area contributed by atoms with Gasteiger partial charge < -0.3 is 4.42 Å². The van der Waals surface area contributed by atoms with Crippen LogP contribution in [0.1, 0.15) is 31.1 Å². The van der Waals surface area contributed by atoms with Crippen molar-refractivity contribution in [1.82, 2.24) is 5.43 Å². The molecule has 0 aliphatic heterocycles. The summed E-state index contributed by atoms with van der Waals surface area (Å²) < 4.78 is 6.91. The SMILES string of the molecule is NNC(c1cc2cccc(Br)c2o1)C1CCC1. The lowest BCUT2D eigenvalue weighted by Gasteiger charge is -2.31. The standard InChI is InChI=1S/C13H15BrN2O/c14-10-6-2-5-9-7-11(17-13(9)10)12(16-15)8-3-1-4-8/h2,5-8,12,16H,1,3-4,15H2. The van der Waals surface area contributed by atoms with E-state index in [1.807, 2.05) is 12.1 Å². The van der Waals surface area contributed by atoms with Gasteiger partial charge in [-0.15, -0.1) is 0 Å². The van der Waals surface area contributed by atoms with Crippen molar-refractivity contribution >= 4 is 26.9 Å². The molecule has 0 spiro atoms. The Kier molecular flexibility index (Phi) is 2.94. The van der Waals surface area contributed by atoms with E-state index >= 15 is 0 Å². The number of fused-ring (bicyclic) bond motifs is 1. The molecule has 0 bridgehead atoms. The number of furan rings is 1. The molecule has 1 saturated carbocycles. The van der Waals surface area contributed by atoms with Gasteiger partial charge in [0, 0.05) is 5.39 Å². The van der Waals surface area contributed by atoms with Crippen LogP contribution in [0.3, 0.4) is 0 Å². The first-order valence-electron chi connectivity index (χ1n) is 5.93. The molecule has 1 aromatic heterocycles. The molecule has 0 amide bonds. The summed E-state index contributed by atoms with van der Waals surface area (Å²) in [4.78, 5) is 0. The lowest BCUT2D eigenvalue weighted by Crippen LogP contribution is -2.36. The molecular weight excluding hydrogens is 280 g/mol. The molecule has 1 aromatic carbocycles. The van der Waals surface area contributed by atoms with Gasteiger partial charge in [0.1, 0.15) is 11.3 Å². The Morgan fingerprint density at radius 1 is 1.41 bits per heavy atom. The minimum Gasteiger partial charge on any atom is -0.458 e. The number of halogens is 1. The fraction of sp³-hybridized carbons (Fsp3) is 0.385. The van der Waals surface area contributed by atoms with Crippen LogP contribution in [0.15, 0.2) is 33.2 Å². The van der Waals surface area contributed by atoms with E-state index in [4.69, 9.17) is 10.3 Å². The zero-order valence-electron chi connectivity index (χ0n) is 9.45. The summed E-state index contributed by atoms with van der Waals surface area (Å²) >= 11 is 3.50. The molecule has 1 heterocycles. The number of nitrogens with one attached hydrogen (secondary N) is 1. The van der Waals surface area contributed by atoms with Crippen molar-refractivity contribution in [3.8, 4) is 0 Å². The summed E-state index contributed by atoms with van der Waals surface area (Å²) in [5, 5.41) is 1.12. The Bertz CT molecular complexity index is 533. The van der Waals surface area contributed by atoms with Gasteiger partial charge in [0.25, 0.3) is 0 Å². The van der Waals surface area contributed by atoms with Gasteiger partial charge >= 0.3 is 0 Å². The van der Waals surface area contributed by atoms with E-state index in [1.54, 1.807) is 0 Å². The summed E-state index contributed by atoms with van der Waals surface area (Å²) in [5.74, 6) is 7.21. The van der Waals surface area contributed by atoms with E-state index < -0.39 is 0 Å². The second-order valence-electron chi connectivity index (χ2n) is 4.64. The van der Waals surface area contributed by atoms with Crippen LogP contribution in [0.25, 0.3) is 11.0 Å². The quantitative estimate of drug-likeness (QED) is 0.673. The van der Waals surface area contributed by atoms with Crippen molar-refractivity contribution in [3.05, 3.63) is 34.5 Å². The van der Waals surface area contributed by atoms with E-state index in [0.29, 0.717) is 5.92 Å². The van der Waals surface area contributed by atoms with E-state index in [-0.39, 0.29) is 6.04 Å². The summed E-state index contributed by atoms with van der Waals surface area (Å²) in [5.41, 5.74) is 3.80. The molecule has 0 saturated heterocycles. The first-order valence-corrected chi connectivity index (χ1v) is 6.73. The average Bonchev–Trinajstić information content (AvgIpc) is 2.68. The Morgan fingerprint density at radius 3 is 2.82 bits per heavy atom. The van der Waals surface area contributed by atoms with Crippen LogP contribution in [0, 0.1) is 5.92 Å². The molecule has 90 valence electrons. The molecule has 2 aromatic rings. The Balaban J connectivity index is 2.01. The van der Waals surface area contributed by atoms with Crippen LogP contribution >= 0.6 is 15.9 Å². The zero-order valence-corrected chi connectivity index (χ0v) is 11.0. The molecule has 3 rings (SSSR count). The monoisotopic (exact) mass is 294 g/mol. The number of hydrogen-bond donors (Lipinski definition) is 2. The molecule has 3 nitrogen and oxygen atoms in total. The van der Waals surface area contributed by atoms with Gasteiger partial charge in [0.15, 0.2) is 0 Å². The number of nitrogens with two attached hydrogens (primary N) is 1. The van der Waals surface area contributed by atoms with Crippen LogP contribution in [-0.4, -0.2) is 0 Å². The molecule has 1 aliphatic carbocycles. The lowest BCUT2D eigenvalue weighted by molar-refractivity contribution is 0.211. The predicted molar refractivity (Wildman–Crippen MR) is 71.3 cm³/mol. The number of hydrazine groups is 1. The molecule has 17 heavy (non-hydrogen) atoms. The van der Waals surface area contributed by atoms with Crippen LogP contribution in [-0.2, 0) is 0 Å². The number of rotatable bonds is 3. The van der Waals surface area contributed by atoms with Gasteiger partial charge in [-0.25, -0.2) is 5.43 Å². The molecular formula is C13H15BrN2O. The maximum absolute atomic E-state index is 5.92. The molecule has 1 unspecified atom stereocenters. The molecule has 3 N–H and O–H groups in total. The highest BCUT2D eigenvalue weighted by Gasteiger charge is 2.30. The fourth-order valence-electron chi connectivity index (χ4n) is 2.42. The second-order valence-corrected chi connectivity index (χ2v) is 5.50. The topological polar surface area (TPSA) is 51.2 Å². The number of hydrogen-bond acceptors (Lipinski definition) is 3. The third kappa shape index (κ3) is 1.90. The van der Waals surface area contributed by atoms with Crippen molar-refractivity contribution < 1.29 is 4.42 Å². The maximum Gasteiger partial charge on any atom is 0.148 e. The molecule has 4 heteroatoms. The van der Waals surface area contributed by atoms with Crippen LogP contribution in [0.4, 0.5) is 0 Å². The normalized spacial score (nSPS) is 18.2. The maximum atomic E-state index is 5.92. The van der Waals surface area contributed by atoms with Crippen molar-refractivity contribution in [2.24, 2.45) is 11.8 Å². The van der Waals surface area contributed by atoms with Gasteiger partial charge in [0.2, 0.25) is 0 Å². The van der Waals surface area contributed by atoms with Gasteiger partial charge in [-0.05, 0) is 46.8 Å². The largest absolute Gasteiger partial charge is 0.458 e. The molecule has 1 aliphatic rings. The highest BCUT2D eigenvalue weighted by atomic mass is 79.9. The van der Waals surface area contributed by atoms with E-state index in [2.05, 4.69) is 33.5 Å². The summed E-state index contributed by atoms with van der Waals surface area (Å²) in [6.07, 6.45) is 3.76. The highest BCUT2D eigenvalue weighted by molar-refractivity contribution is 9.10. The Morgan fingerprint density at radius 2 is 2.24 bits per heavy atom. The first kappa shape index (κ1) is 11.3. The average molecular weight is 295 g/mol. The van der Waals surface area contributed by atoms with Crippen molar-refractivity contribution in [2.45, 2.75) is 25.3 Å². The second kappa shape index (κ2) is 4.44. The van der Waals surface area contributed by atoms with Crippen molar-refractivity contribution in [1.29, 1.82) is 0 Å².